The van der Waals surface area contributed by atoms with Crippen molar-refractivity contribution in [3.8, 4) is 5.75 Å². The van der Waals surface area contributed by atoms with Crippen LogP contribution in [0.15, 0.2) is 29.2 Å². The molecule has 1 aromatic heterocycles. The van der Waals surface area contributed by atoms with Gasteiger partial charge in [-0.1, -0.05) is 0 Å². The minimum Gasteiger partial charge on any atom is -0.494 e. The van der Waals surface area contributed by atoms with Crippen LogP contribution in [0, 0.1) is 6.92 Å². The van der Waals surface area contributed by atoms with Crippen LogP contribution in [0.4, 0.5) is 0 Å². The Morgan fingerprint density at radius 2 is 2.15 bits per heavy atom. The molecular formula is C15H17NO3S. The molecule has 20 heavy (non-hydrogen) atoms. The van der Waals surface area contributed by atoms with Gasteiger partial charge in [-0.05, 0) is 38.1 Å². The van der Waals surface area contributed by atoms with Crippen molar-refractivity contribution in [3.63, 3.8) is 0 Å². The number of carbonyl (C=O) groups excluding carboxylic acids is 1. The molecule has 0 saturated heterocycles. The van der Waals surface area contributed by atoms with Gasteiger partial charge in [0.2, 0.25) is 0 Å². The molecule has 0 spiro atoms. The number of benzene rings is 1. The van der Waals surface area contributed by atoms with Gasteiger partial charge >= 0.3 is 5.97 Å². The van der Waals surface area contributed by atoms with Gasteiger partial charge in [-0.3, -0.25) is 9.78 Å². The van der Waals surface area contributed by atoms with E-state index >= 15 is 0 Å². The van der Waals surface area contributed by atoms with Crippen molar-refractivity contribution < 1.29 is 14.3 Å². The standard InChI is InChI=1S/C15H17NO3S/c1-4-19-11-5-6-13-12(8-11)14(7-10(2)16-13)20-9-15(17)18-3/h5-8H,4,9H2,1-3H3. The largest absolute Gasteiger partial charge is 0.494 e. The molecule has 0 aliphatic rings. The zero-order valence-corrected chi connectivity index (χ0v) is 12.6. The fourth-order valence-electron chi connectivity index (χ4n) is 1.87. The van der Waals surface area contributed by atoms with E-state index in [1.165, 1.54) is 18.9 Å². The summed E-state index contributed by atoms with van der Waals surface area (Å²) in [6.07, 6.45) is 0. The lowest BCUT2D eigenvalue weighted by molar-refractivity contribution is -0.137. The number of esters is 1. The minimum atomic E-state index is -0.237. The van der Waals surface area contributed by atoms with Crippen molar-refractivity contribution in [1.29, 1.82) is 0 Å². The SMILES string of the molecule is CCOc1ccc2nc(C)cc(SCC(=O)OC)c2c1. The molecule has 0 bridgehead atoms. The number of hydrogen-bond donors (Lipinski definition) is 0. The Hall–Kier alpha value is -1.75. The Balaban J connectivity index is 2.39. The number of aryl methyl sites for hydroxylation is 1. The molecule has 0 atom stereocenters. The maximum atomic E-state index is 11.3. The van der Waals surface area contributed by atoms with E-state index in [0.29, 0.717) is 6.61 Å². The predicted octanol–water partition coefficient (Wildman–Crippen LogP) is 3.21. The first-order chi connectivity index (χ1) is 9.63. The van der Waals surface area contributed by atoms with Crippen LogP contribution in [0.3, 0.4) is 0 Å². The second kappa shape index (κ2) is 6.61. The molecule has 5 heteroatoms. The number of fused-ring (bicyclic) bond motifs is 1. The van der Waals surface area contributed by atoms with Crippen molar-refractivity contribution in [3.05, 3.63) is 30.0 Å². The average Bonchev–Trinajstić information content (AvgIpc) is 2.45. The Labute approximate surface area is 122 Å². The van der Waals surface area contributed by atoms with Crippen LogP contribution >= 0.6 is 11.8 Å². The molecule has 0 saturated carbocycles. The summed E-state index contributed by atoms with van der Waals surface area (Å²) in [7, 11) is 1.39. The molecule has 2 aromatic rings. The lowest BCUT2D eigenvalue weighted by Crippen LogP contribution is -2.03. The Bertz CT molecular complexity index is 628. The molecule has 0 aliphatic carbocycles. The first-order valence-electron chi connectivity index (χ1n) is 6.38. The highest BCUT2D eigenvalue weighted by atomic mass is 32.2. The highest BCUT2D eigenvalue weighted by molar-refractivity contribution is 8.00. The lowest BCUT2D eigenvalue weighted by Gasteiger charge is -2.09. The van der Waals surface area contributed by atoms with Gasteiger partial charge in [0.15, 0.2) is 0 Å². The second-order valence-electron chi connectivity index (χ2n) is 4.24. The van der Waals surface area contributed by atoms with Crippen LogP contribution in [0.5, 0.6) is 5.75 Å². The van der Waals surface area contributed by atoms with Crippen LogP contribution in [-0.2, 0) is 9.53 Å². The highest BCUT2D eigenvalue weighted by Crippen LogP contribution is 2.30. The number of methoxy groups -OCH3 is 1. The molecule has 106 valence electrons. The van der Waals surface area contributed by atoms with Crippen LogP contribution in [0.1, 0.15) is 12.6 Å². The maximum absolute atomic E-state index is 11.3. The number of aromatic nitrogens is 1. The monoisotopic (exact) mass is 291 g/mol. The molecule has 0 unspecified atom stereocenters. The molecule has 1 aromatic carbocycles. The normalized spacial score (nSPS) is 10.6. The third kappa shape index (κ3) is 3.42. The van der Waals surface area contributed by atoms with Gasteiger partial charge in [-0.15, -0.1) is 11.8 Å². The molecule has 0 radical (unpaired) electrons. The van der Waals surface area contributed by atoms with Gasteiger partial charge in [0.05, 0.1) is 25.0 Å². The van der Waals surface area contributed by atoms with E-state index in [4.69, 9.17) is 4.74 Å². The summed E-state index contributed by atoms with van der Waals surface area (Å²) >= 11 is 1.45. The van der Waals surface area contributed by atoms with Crippen molar-refractivity contribution in [2.45, 2.75) is 18.7 Å². The number of ether oxygens (including phenoxy) is 2. The van der Waals surface area contributed by atoms with Gasteiger partial charge in [0.1, 0.15) is 5.75 Å². The fraction of sp³-hybridized carbons (Fsp3) is 0.333. The van der Waals surface area contributed by atoms with Crippen LogP contribution in [0.2, 0.25) is 0 Å². The number of hydrogen-bond acceptors (Lipinski definition) is 5. The van der Waals surface area contributed by atoms with Crippen LogP contribution in [0.25, 0.3) is 10.9 Å². The van der Waals surface area contributed by atoms with E-state index in [1.54, 1.807) is 0 Å². The number of rotatable bonds is 5. The third-order valence-electron chi connectivity index (χ3n) is 2.75. The average molecular weight is 291 g/mol. The number of thioether (sulfide) groups is 1. The number of pyridine rings is 1. The summed E-state index contributed by atoms with van der Waals surface area (Å²) in [5.74, 6) is 0.859. The van der Waals surface area contributed by atoms with Crippen molar-refractivity contribution in [1.82, 2.24) is 4.98 Å². The quantitative estimate of drug-likeness (QED) is 0.625. The van der Waals surface area contributed by atoms with Gasteiger partial charge in [-0.2, -0.15) is 0 Å². The molecule has 0 fully saturated rings. The zero-order chi connectivity index (χ0) is 14.5. The molecule has 0 aliphatic heterocycles. The van der Waals surface area contributed by atoms with Crippen LogP contribution in [-0.4, -0.2) is 30.4 Å². The van der Waals surface area contributed by atoms with Gasteiger partial charge in [0, 0.05) is 16.0 Å². The number of nitrogens with zero attached hydrogens (tertiary/aromatic N) is 1. The van der Waals surface area contributed by atoms with Crippen molar-refractivity contribution in [2.24, 2.45) is 0 Å². The van der Waals surface area contributed by atoms with Crippen LogP contribution < -0.4 is 4.74 Å². The van der Waals surface area contributed by atoms with Crippen molar-refractivity contribution in [2.75, 3.05) is 19.5 Å². The maximum Gasteiger partial charge on any atom is 0.315 e. The molecule has 0 amide bonds. The topological polar surface area (TPSA) is 48.4 Å². The summed E-state index contributed by atoms with van der Waals surface area (Å²) < 4.78 is 10.2. The van der Waals surface area contributed by atoms with Crippen molar-refractivity contribution >= 4 is 28.6 Å². The van der Waals surface area contributed by atoms with E-state index in [9.17, 15) is 4.79 Å². The van der Waals surface area contributed by atoms with Gasteiger partial charge in [0.25, 0.3) is 0 Å². The fourth-order valence-corrected chi connectivity index (χ4v) is 2.84. The highest BCUT2D eigenvalue weighted by Gasteiger charge is 2.09. The van der Waals surface area contributed by atoms with E-state index in [2.05, 4.69) is 9.72 Å². The van der Waals surface area contributed by atoms with E-state index in [-0.39, 0.29) is 11.7 Å². The smallest absolute Gasteiger partial charge is 0.315 e. The summed E-state index contributed by atoms with van der Waals surface area (Å²) in [5.41, 5.74) is 1.83. The zero-order valence-electron chi connectivity index (χ0n) is 11.8. The summed E-state index contributed by atoms with van der Waals surface area (Å²) in [6, 6.07) is 7.79. The Morgan fingerprint density at radius 3 is 2.85 bits per heavy atom. The molecule has 1 heterocycles. The van der Waals surface area contributed by atoms with Gasteiger partial charge in [-0.25, -0.2) is 0 Å². The Kier molecular flexibility index (Phi) is 4.84. The second-order valence-corrected chi connectivity index (χ2v) is 5.26. The molecule has 2 rings (SSSR count). The molecule has 4 nitrogen and oxygen atoms in total. The van der Waals surface area contributed by atoms with E-state index < -0.39 is 0 Å². The third-order valence-corrected chi connectivity index (χ3v) is 3.78. The molecular weight excluding hydrogens is 274 g/mol. The number of carbonyl (C=O) groups is 1. The predicted molar refractivity (Wildman–Crippen MR) is 80.4 cm³/mol. The first-order valence-corrected chi connectivity index (χ1v) is 7.36. The molecule has 0 N–H and O–H groups in total. The minimum absolute atomic E-state index is 0.237. The van der Waals surface area contributed by atoms with E-state index in [1.807, 2.05) is 38.1 Å². The summed E-state index contributed by atoms with van der Waals surface area (Å²) in [4.78, 5) is 16.8. The lowest BCUT2D eigenvalue weighted by atomic mass is 10.2. The van der Waals surface area contributed by atoms with E-state index in [0.717, 1.165) is 27.2 Å². The van der Waals surface area contributed by atoms with Gasteiger partial charge < -0.3 is 9.47 Å². The summed E-state index contributed by atoms with van der Waals surface area (Å²) in [5, 5.41) is 0.996. The Morgan fingerprint density at radius 1 is 1.35 bits per heavy atom. The first kappa shape index (κ1) is 14.7. The summed E-state index contributed by atoms with van der Waals surface area (Å²) in [6.45, 7) is 4.51.